The van der Waals surface area contributed by atoms with E-state index < -0.39 is 0 Å². The van der Waals surface area contributed by atoms with Gasteiger partial charge in [-0.25, -0.2) is 0 Å². The van der Waals surface area contributed by atoms with Gasteiger partial charge in [-0.2, -0.15) is 0 Å². The van der Waals surface area contributed by atoms with Gasteiger partial charge in [0.1, 0.15) is 0 Å². The van der Waals surface area contributed by atoms with Gasteiger partial charge in [0.2, 0.25) is 0 Å². The molecule has 20 heavy (non-hydrogen) atoms. The number of benzene rings is 2. The highest BCUT2D eigenvalue weighted by atomic mass is 79.9. The van der Waals surface area contributed by atoms with E-state index in [-0.39, 0.29) is 11.9 Å². The Morgan fingerprint density at radius 3 is 2.25 bits per heavy atom. The maximum absolute atomic E-state index is 12.1. The standard InChI is InChI=1S/C17H18BrNO/c1-3-13-4-6-14(7-5-13)12(2)19-17(20)15-8-10-16(18)11-9-15/h4-12H,3H2,1-2H3,(H,19,20). The second kappa shape index (κ2) is 6.71. The molecule has 3 heteroatoms. The molecule has 0 aromatic heterocycles. The smallest absolute Gasteiger partial charge is 0.251 e. The first-order valence-electron chi connectivity index (χ1n) is 6.75. The van der Waals surface area contributed by atoms with Crippen molar-refractivity contribution in [2.24, 2.45) is 0 Å². The van der Waals surface area contributed by atoms with Crippen molar-refractivity contribution in [1.29, 1.82) is 0 Å². The molecule has 0 aliphatic carbocycles. The molecule has 0 fully saturated rings. The summed E-state index contributed by atoms with van der Waals surface area (Å²) in [6.07, 6.45) is 1.03. The summed E-state index contributed by atoms with van der Waals surface area (Å²) in [5.74, 6) is -0.0513. The third-order valence-corrected chi connectivity index (χ3v) is 3.87. The number of nitrogens with one attached hydrogen (secondary N) is 1. The average Bonchev–Trinajstić information content (AvgIpc) is 2.48. The lowest BCUT2D eigenvalue weighted by molar-refractivity contribution is 0.0940. The molecule has 2 rings (SSSR count). The molecule has 2 nitrogen and oxygen atoms in total. The van der Waals surface area contributed by atoms with Crippen LogP contribution in [0.3, 0.4) is 0 Å². The summed E-state index contributed by atoms with van der Waals surface area (Å²) in [6, 6.07) is 15.7. The van der Waals surface area contributed by atoms with Crippen LogP contribution in [0.2, 0.25) is 0 Å². The minimum Gasteiger partial charge on any atom is -0.346 e. The Morgan fingerprint density at radius 2 is 1.70 bits per heavy atom. The van der Waals surface area contributed by atoms with Crippen LogP contribution in [0.1, 0.15) is 41.4 Å². The number of aryl methyl sites for hydroxylation is 1. The molecule has 1 amide bonds. The lowest BCUT2D eigenvalue weighted by Crippen LogP contribution is -2.26. The molecule has 0 heterocycles. The van der Waals surface area contributed by atoms with Gasteiger partial charge in [0, 0.05) is 10.0 Å². The molecule has 1 unspecified atom stereocenters. The molecule has 0 saturated heterocycles. The zero-order valence-electron chi connectivity index (χ0n) is 11.7. The van der Waals surface area contributed by atoms with Crippen LogP contribution in [-0.2, 0) is 6.42 Å². The van der Waals surface area contributed by atoms with Crippen LogP contribution in [0.15, 0.2) is 53.0 Å². The first-order chi connectivity index (χ1) is 9.60. The maximum Gasteiger partial charge on any atom is 0.251 e. The maximum atomic E-state index is 12.1. The van der Waals surface area contributed by atoms with Crippen LogP contribution in [0.5, 0.6) is 0 Å². The monoisotopic (exact) mass is 331 g/mol. The first-order valence-corrected chi connectivity index (χ1v) is 7.54. The highest BCUT2D eigenvalue weighted by Gasteiger charge is 2.11. The van der Waals surface area contributed by atoms with Crippen LogP contribution < -0.4 is 5.32 Å². The lowest BCUT2D eigenvalue weighted by atomic mass is 10.0. The van der Waals surface area contributed by atoms with E-state index in [2.05, 4.69) is 52.4 Å². The van der Waals surface area contributed by atoms with E-state index in [1.54, 1.807) is 0 Å². The van der Waals surface area contributed by atoms with E-state index >= 15 is 0 Å². The molecule has 0 radical (unpaired) electrons. The number of hydrogen-bond donors (Lipinski definition) is 1. The Bertz CT molecular complexity index is 575. The fourth-order valence-electron chi connectivity index (χ4n) is 2.01. The summed E-state index contributed by atoms with van der Waals surface area (Å²) in [4.78, 5) is 12.1. The van der Waals surface area contributed by atoms with Gasteiger partial charge in [0.15, 0.2) is 0 Å². The molecule has 104 valence electrons. The van der Waals surface area contributed by atoms with Crippen molar-refractivity contribution in [2.75, 3.05) is 0 Å². The third kappa shape index (κ3) is 3.70. The predicted molar refractivity (Wildman–Crippen MR) is 85.8 cm³/mol. The van der Waals surface area contributed by atoms with Gasteiger partial charge < -0.3 is 5.32 Å². The van der Waals surface area contributed by atoms with Crippen molar-refractivity contribution in [1.82, 2.24) is 5.32 Å². The van der Waals surface area contributed by atoms with Crippen molar-refractivity contribution >= 4 is 21.8 Å². The Balaban J connectivity index is 2.04. The van der Waals surface area contributed by atoms with E-state index in [1.807, 2.05) is 31.2 Å². The van der Waals surface area contributed by atoms with Gasteiger partial charge in [-0.3, -0.25) is 4.79 Å². The number of hydrogen-bond acceptors (Lipinski definition) is 1. The quantitative estimate of drug-likeness (QED) is 0.877. The molecular weight excluding hydrogens is 314 g/mol. The van der Waals surface area contributed by atoms with Gasteiger partial charge in [-0.1, -0.05) is 47.1 Å². The molecule has 2 aromatic rings. The van der Waals surface area contributed by atoms with E-state index in [0.29, 0.717) is 5.56 Å². The minimum absolute atomic E-state index is 0.00273. The molecule has 0 bridgehead atoms. The zero-order valence-corrected chi connectivity index (χ0v) is 13.3. The highest BCUT2D eigenvalue weighted by Crippen LogP contribution is 2.15. The van der Waals surface area contributed by atoms with E-state index in [4.69, 9.17) is 0 Å². The molecule has 0 saturated carbocycles. The van der Waals surface area contributed by atoms with Crippen LogP contribution in [0.25, 0.3) is 0 Å². The van der Waals surface area contributed by atoms with Gasteiger partial charge in [0.05, 0.1) is 6.04 Å². The van der Waals surface area contributed by atoms with Gasteiger partial charge in [0.25, 0.3) is 5.91 Å². The van der Waals surface area contributed by atoms with Crippen molar-refractivity contribution in [3.05, 3.63) is 69.7 Å². The molecule has 0 aliphatic heterocycles. The SMILES string of the molecule is CCc1ccc(C(C)NC(=O)c2ccc(Br)cc2)cc1. The second-order valence-electron chi connectivity index (χ2n) is 4.80. The summed E-state index contributed by atoms with van der Waals surface area (Å²) in [5.41, 5.74) is 3.10. The van der Waals surface area contributed by atoms with Gasteiger partial charge in [-0.15, -0.1) is 0 Å². The normalized spacial score (nSPS) is 11.9. The molecule has 1 atom stereocenters. The molecular formula is C17H18BrNO. The van der Waals surface area contributed by atoms with Gasteiger partial charge in [-0.05, 0) is 48.7 Å². The van der Waals surface area contributed by atoms with Crippen molar-refractivity contribution in [3.63, 3.8) is 0 Å². The Morgan fingerprint density at radius 1 is 1.10 bits per heavy atom. The van der Waals surface area contributed by atoms with Crippen molar-refractivity contribution in [2.45, 2.75) is 26.3 Å². The molecule has 0 aliphatic rings. The van der Waals surface area contributed by atoms with Crippen LogP contribution >= 0.6 is 15.9 Å². The fraction of sp³-hybridized carbons (Fsp3) is 0.235. The lowest BCUT2D eigenvalue weighted by Gasteiger charge is -2.15. The number of amides is 1. The van der Waals surface area contributed by atoms with Crippen LogP contribution in [-0.4, -0.2) is 5.91 Å². The topological polar surface area (TPSA) is 29.1 Å². The predicted octanol–water partition coefficient (Wildman–Crippen LogP) is 4.50. The Kier molecular flexibility index (Phi) is 4.96. The first kappa shape index (κ1) is 14.8. The average molecular weight is 332 g/mol. The Hall–Kier alpha value is -1.61. The summed E-state index contributed by atoms with van der Waals surface area (Å²) in [7, 11) is 0. The number of halogens is 1. The van der Waals surface area contributed by atoms with E-state index in [0.717, 1.165) is 16.5 Å². The largest absolute Gasteiger partial charge is 0.346 e. The van der Waals surface area contributed by atoms with Gasteiger partial charge >= 0.3 is 0 Å². The summed E-state index contributed by atoms with van der Waals surface area (Å²) in [6.45, 7) is 4.13. The molecule has 1 N–H and O–H groups in total. The highest BCUT2D eigenvalue weighted by molar-refractivity contribution is 9.10. The van der Waals surface area contributed by atoms with Crippen LogP contribution in [0.4, 0.5) is 0 Å². The van der Waals surface area contributed by atoms with E-state index in [1.165, 1.54) is 5.56 Å². The number of carbonyl (C=O) groups is 1. The van der Waals surface area contributed by atoms with Crippen molar-refractivity contribution < 1.29 is 4.79 Å². The molecule has 2 aromatic carbocycles. The number of carbonyl (C=O) groups excluding carboxylic acids is 1. The summed E-state index contributed by atoms with van der Waals surface area (Å²) >= 11 is 3.36. The number of rotatable bonds is 4. The summed E-state index contributed by atoms with van der Waals surface area (Å²) in [5, 5.41) is 3.02. The summed E-state index contributed by atoms with van der Waals surface area (Å²) < 4.78 is 0.970. The minimum atomic E-state index is -0.0513. The fourth-order valence-corrected chi connectivity index (χ4v) is 2.27. The van der Waals surface area contributed by atoms with E-state index in [9.17, 15) is 4.79 Å². The van der Waals surface area contributed by atoms with Crippen LogP contribution in [0, 0.1) is 0 Å². The van der Waals surface area contributed by atoms with Crippen molar-refractivity contribution in [3.8, 4) is 0 Å². The zero-order chi connectivity index (χ0) is 14.5. The third-order valence-electron chi connectivity index (χ3n) is 3.34. The second-order valence-corrected chi connectivity index (χ2v) is 5.71. The molecule has 0 spiro atoms. The Labute approximate surface area is 128 Å².